The van der Waals surface area contributed by atoms with Crippen LogP contribution < -0.4 is 16.2 Å². The number of benzene rings is 1. The molecule has 0 aliphatic carbocycles. The Balaban J connectivity index is 1.64. The molecule has 3 heterocycles. The third-order valence-electron chi connectivity index (χ3n) is 4.78. The third kappa shape index (κ3) is 3.03. The van der Waals surface area contributed by atoms with E-state index in [4.69, 9.17) is 11.6 Å². The number of nitrogens with one attached hydrogen (secondary N) is 2. The van der Waals surface area contributed by atoms with E-state index in [0.29, 0.717) is 11.7 Å². The molecule has 6 nitrogen and oxygen atoms in total. The maximum atomic E-state index is 11.9. The minimum absolute atomic E-state index is 0.143. The molecule has 0 unspecified atom stereocenters. The van der Waals surface area contributed by atoms with Gasteiger partial charge in [0.2, 0.25) is 0 Å². The zero-order valence-corrected chi connectivity index (χ0v) is 14.8. The number of aromatic nitrogens is 3. The molecule has 0 spiro atoms. The molecule has 1 aromatic carbocycles. The Bertz CT molecular complexity index is 971. The molecule has 0 saturated carbocycles. The van der Waals surface area contributed by atoms with Crippen LogP contribution in [0, 0.1) is 0 Å². The van der Waals surface area contributed by atoms with Crippen molar-refractivity contribution >= 4 is 33.9 Å². The molecule has 1 aliphatic rings. The fraction of sp³-hybridized carbons (Fsp3) is 0.333. The van der Waals surface area contributed by atoms with Gasteiger partial charge in [-0.05, 0) is 50.2 Å². The summed E-state index contributed by atoms with van der Waals surface area (Å²) in [7, 11) is 1.58. The fourth-order valence-corrected chi connectivity index (χ4v) is 3.62. The Morgan fingerprint density at radius 3 is 2.88 bits per heavy atom. The summed E-state index contributed by atoms with van der Waals surface area (Å²) >= 11 is 6.13. The Labute approximate surface area is 150 Å². The number of piperidine rings is 1. The van der Waals surface area contributed by atoms with Crippen molar-refractivity contribution in [1.82, 2.24) is 19.7 Å². The SMILES string of the molecule is Cn1ncc(Nc2ccc3c(ccn3C3CCNCC3)c2)c(Cl)c1=O. The van der Waals surface area contributed by atoms with Gasteiger partial charge in [0.15, 0.2) is 0 Å². The largest absolute Gasteiger partial charge is 0.353 e. The van der Waals surface area contributed by atoms with Gasteiger partial charge >= 0.3 is 0 Å². The molecule has 3 aromatic rings. The lowest BCUT2D eigenvalue weighted by atomic mass is 10.1. The van der Waals surface area contributed by atoms with E-state index in [1.165, 1.54) is 10.2 Å². The average Bonchev–Trinajstić information content (AvgIpc) is 3.06. The molecule has 1 saturated heterocycles. The Morgan fingerprint density at radius 1 is 1.28 bits per heavy atom. The standard InChI is InChI=1S/C18H20ClN5O/c1-23-18(25)17(19)15(11-21-23)22-13-2-3-16-12(10-13)6-9-24(16)14-4-7-20-8-5-14/h2-3,6,9-11,14,20,22H,4-5,7-8H2,1H3. The number of nitrogens with zero attached hydrogens (tertiary/aromatic N) is 3. The molecule has 4 rings (SSSR count). The lowest BCUT2D eigenvalue weighted by Gasteiger charge is -2.25. The number of aryl methyl sites for hydroxylation is 1. The van der Waals surface area contributed by atoms with Gasteiger partial charge in [0, 0.05) is 35.9 Å². The lowest BCUT2D eigenvalue weighted by molar-refractivity contribution is 0.376. The molecule has 7 heteroatoms. The van der Waals surface area contributed by atoms with Gasteiger partial charge < -0.3 is 15.2 Å². The van der Waals surface area contributed by atoms with Gasteiger partial charge in [0.05, 0.1) is 11.9 Å². The second-order valence-corrected chi connectivity index (χ2v) is 6.78. The van der Waals surface area contributed by atoms with E-state index in [1.807, 2.05) is 6.07 Å². The molecular weight excluding hydrogens is 338 g/mol. The van der Waals surface area contributed by atoms with E-state index in [-0.39, 0.29) is 10.6 Å². The first-order valence-corrected chi connectivity index (χ1v) is 8.81. The highest BCUT2D eigenvalue weighted by molar-refractivity contribution is 6.33. The summed E-state index contributed by atoms with van der Waals surface area (Å²) in [6, 6.07) is 8.87. The summed E-state index contributed by atoms with van der Waals surface area (Å²) < 4.78 is 3.59. The molecule has 0 amide bonds. The van der Waals surface area contributed by atoms with Crippen molar-refractivity contribution in [2.24, 2.45) is 7.05 Å². The van der Waals surface area contributed by atoms with E-state index in [1.54, 1.807) is 13.2 Å². The average molecular weight is 358 g/mol. The van der Waals surface area contributed by atoms with Gasteiger partial charge in [-0.15, -0.1) is 0 Å². The monoisotopic (exact) mass is 357 g/mol. The molecule has 1 aliphatic heterocycles. The van der Waals surface area contributed by atoms with Crippen LogP contribution in [0.25, 0.3) is 10.9 Å². The van der Waals surface area contributed by atoms with Gasteiger partial charge in [0.1, 0.15) is 5.02 Å². The number of halogens is 1. The van der Waals surface area contributed by atoms with E-state index in [0.717, 1.165) is 37.0 Å². The van der Waals surface area contributed by atoms with Crippen LogP contribution in [0.4, 0.5) is 11.4 Å². The van der Waals surface area contributed by atoms with Crippen molar-refractivity contribution in [3.63, 3.8) is 0 Å². The molecule has 0 atom stereocenters. The number of fused-ring (bicyclic) bond motifs is 1. The van der Waals surface area contributed by atoms with Crippen LogP contribution in [-0.4, -0.2) is 27.4 Å². The zero-order valence-electron chi connectivity index (χ0n) is 14.0. The van der Waals surface area contributed by atoms with Crippen LogP contribution >= 0.6 is 11.6 Å². The number of anilines is 2. The first-order chi connectivity index (χ1) is 12.1. The minimum atomic E-state index is -0.315. The van der Waals surface area contributed by atoms with Crippen molar-refractivity contribution in [2.75, 3.05) is 18.4 Å². The molecule has 0 bridgehead atoms. The number of hydrogen-bond donors (Lipinski definition) is 2. The minimum Gasteiger partial charge on any atom is -0.353 e. The zero-order chi connectivity index (χ0) is 17.4. The predicted molar refractivity (Wildman–Crippen MR) is 101 cm³/mol. The quantitative estimate of drug-likeness (QED) is 0.756. The first-order valence-electron chi connectivity index (χ1n) is 8.43. The highest BCUT2D eigenvalue weighted by atomic mass is 35.5. The molecule has 0 radical (unpaired) electrons. The van der Waals surface area contributed by atoms with E-state index in [9.17, 15) is 4.79 Å². The van der Waals surface area contributed by atoms with Crippen LogP contribution in [-0.2, 0) is 7.05 Å². The number of hydrogen-bond acceptors (Lipinski definition) is 4. The molecule has 25 heavy (non-hydrogen) atoms. The normalized spacial score (nSPS) is 15.6. The molecular formula is C18H20ClN5O. The molecule has 2 N–H and O–H groups in total. The van der Waals surface area contributed by atoms with Crippen LogP contribution in [0.2, 0.25) is 5.02 Å². The lowest BCUT2D eigenvalue weighted by Crippen LogP contribution is -2.29. The van der Waals surface area contributed by atoms with E-state index >= 15 is 0 Å². The van der Waals surface area contributed by atoms with Gasteiger partial charge in [-0.1, -0.05) is 11.6 Å². The van der Waals surface area contributed by atoms with Crippen molar-refractivity contribution in [1.29, 1.82) is 0 Å². The first kappa shape index (κ1) is 16.2. The summed E-state index contributed by atoms with van der Waals surface area (Å²) in [6.07, 6.45) is 6.03. The molecule has 2 aromatic heterocycles. The summed E-state index contributed by atoms with van der Waals surface area (Å²) in [6.45, 7) is 2.14. The van der Waals surface area contributed by atoms with Gasteiger partial charge in [0.25, 0.3) is 5.56 Å². The maximum Gasteiger partial charge on any atom is 0.287 e. The van der Waals surface area contributed by atoms with Gasteiger partial charge in [-0.3, -0.25) is 4.79 Å². The van der Waals surface area contributed by atoms with Crippen LogP contribution in [0.5, 0.6) is 0 Å². The Morgan fingerprint density at radius 2 is 2.08 bits per heavy atom. The van der Waals surface area contributed by atoms with Crippen LogP contribution in [0.3, 0.4) is 0 Å². The maximum absolute atomic E-state index is 11.9. The predicted octanol–water partition coefficient (Wildman–Crippen LogP) is 3.06. The number of rotatable bonds is 3. The van der Waals surface area contributed by atoms with Crippen LogP contribution in [0.15, 0.2) is 41.5 Å². The third-order valence-corrected chi connectivity index (χ3v) is 5.14. The van der Waals surface area contributed by atoms with Gasteiger partial charge in [-0.2, -0.15) is 5.10 Å². The highest BCUT2D eigenvalue weighted by Crippen LogP contribution is 2.29. The molecule has 1 fully saturated rings. The second-order valence-electron chi connectivity index (χ2n) is 6.40. The van der Waals surface area contributed by atoms with Crippen molar-refractivity contribution in [3.05, 3.63) is 52.0 Å². The van der Waals surface area contributed by atoms with Gasteiger partial charge in [-0.25, -0.2) is 4.68 Å². The summed E-state index contributed by atoms with van der Waals surface area (Å²) in [4.78, 5) is 11.9. The Hall–Kier alpha value is -2.31. The fourth-order valence-electron chi connectivity index (χ4n) is 3.40. The smallest absolute Gasteiger partial charge is 0.287 e. The van der Waals surface area contributed by atoms with Crippen LogP contribution in [0.1, 0.15) is 18.9 Å². The second kappa shape index (κ2) is 6.54. The Kier molecular flexibility index (Phi) is 4.23. The summed E-state index contributed by atoms with van der Waals surface area (Å²) in [5.41, 5.74) is 2.31. The highest BCUT2D eigenvalue weighted by Gasteiger charge is 2.16. The van der Waals surface area contributed by atoms with E-state index in [2.05, 4.69) is 44.7 Å². The summed E-state index contributed by atoms with van der Waals surface area (Å²) in [5, 5.41) is 11.9. The van der Waals surface area contributed by atoms with Crippen molar-refractivity contribution in [3.8, 4) is 0 Å². The van der Waals surface area contributed by atoms with Crippen molar-refractivity contribution in [2.45, 2.75) is 18.9 Å². The van der Waals surface area contributed by atoms with Crippen molar-refractivity contribution < 1.29 is 0 Å². The molecule has 130 valence electrons. The summed E-state index contributed by atoms with van der Waals surface area (Å²) in [5.74, 6) is 0. The topological polar surface area (TPSA) is 63.9 Å². The van der Waals surface area contributed by atoms with E-state index < -0.39 is 0 Å².